The topological polar surface area (TPSA) is 223 Å². The lowest BCUT2D eigenvalue weighted by Gasteiger charge is -2.49. The summed E-state index contributed by atoms with van der Waals surface area (Å²) in [5, 5.41) is 20.8. The third-order valence-electron chi connectivity index (χ3n) is 12.1. The number of methoxy groups -OCH3 is 2. The fourth-order valence-corrected chi connectivity index (χ4v) is 10.2. The maximum Gasteiger partial charge on any atom is 0.413 e. The Morgan fingerprint density at radius 1 is 0.787 bits per heavy atom. The van der Waals surface area contributed by atoms with Crippen LogP contribution in [0.3, 0.4) is 0 Å². The number of allylic oxidation sites excluding steroid dienone is 1. The highest BCUT2D eigenvalue weighted by Crippen LogP contribution is 2.42. The van der Waals surface area contributed by atoms with Crippen molar-refractivity contribution >= 4 is 69.9 Å². The van der Waals surface area contributed by atoms with E-state index in [0.29, 0.717) is 40.2 Å². The second-order valence-corrected chi connectivity index (χ2v) is 24.1. The number of phenols is 1. The van der Waals surface area contributed by atoms with Crippen LogP contribution in [-0.4, -0.2) is 117 Å². The number of nitrogens with zero attached hydrogens (tertiary/aromatic N) is 4. The van der Waals surface area contributed by atoms with Crippen molar-refractivity contribution in [2.24, 2.45) is 5.16 Å². The number of anilines is 1. The number of thioether (sulfide) groups is 1. The first-order chi connectivity index (χ1) is 37.7. The van der Waals surface area contributed by atoms with Gasteiger partial charge in [-0.2, -0.15) is 0 Å². The summed E-state index contributed by atoms with van der Waals surface area (Å²) < 4.78 is 33.9. The van der Waals surface area contributed by atoms with Crippen LogP contribution < -0.4 is 24.8 Å². The predicted molar refractivity (Wildman–Crippen MR) is 305 cm³/mol. The van der Waals surface area contributed by atoms with Crippen molar-refractivity contribution in [3.63, 3.8) is 0 Å². The van der Waals surface area contributed by atoms with Crippen molar-refractivity contribution in [1.82, 2.24) is 15.2 Å². The number of oxime groups is 1. The lowest BCUT2D eigenvalue weighted by molar-refractivity contribution is -0.916. The number of nitrogens with one attached hydrogen (secondary N) is 2. The van der Waals surface area contributed by atoms with Crippen LogP contribution in [0.25, 0.3) is 6.08 Å². The minimum Gasteiger partial charge on any atom is -0.504 e. The van der Waals surface area contributed by atoms with Gasteiger partial charge in [0.05, 0.1) is 28.3 Å². The molecule has 3 amide bonds. The number of benzene rings is 4. The van der Waals surface area contributed by atoms with Crippen LogP contribution >= 0.6 is 23.1 Å². The number of amides is 3. The molecule has 0 saturated carbocycles. The summed E-state index contributed by atoms with van der Waals surface area (Å²) in [6, 6.07) is 26.9. The average Bonchev–Trinajstić information content (AvgIpc) is 3.99. The number of carbonyl (C=O) groups is 5. The molecule has 0 bridgehead atoms. The third kappa shape index (κ3) is 16.1. The maximum atomic E-state index is 14.3. The first-order valence-corrected chi connectivity index (χ1v) is 27.5. The van der Waals surface area contributed by atoms with Gasteiger partial charge in [0.1, 0.15) is 71.8 Å². The van der Waals surface area contributed by atoms with E-state index in [1.807, 2.05) is 66.7 Å². The number of phenolic OH excluding ortho intramolecular Hbond substituents is 1. The number of carbonyl (C=O) groups excluding carboxylic acids is 5. The number of aromatic hydroxyl groups is 1. The second kappa shape index (κ2) is 25.1. The van der Waals surface area contributed by atoms with Gasteiger partial charge in [0.2, 0.25) is 5.60 Å². The minimum absolute atomic E-state index is 0.0295. The van der Waals surface area contributed by atoms with Gasteiger partial charge in [0.15, 0.2) is 22.3 Å². The van der Waals surface area contributed by atoms with E-state index in [-0.39, 0.29) is 41.2 Å². The van der Waals surface area contributed by atoms with Gasteiger partial charge in [0.25, 0.3) is 11.8 Å². The van der Waals surface area contributed by atoms with Crippen LogP contribution in [0.5, 0.6) is 23.0 Å². The van der Waals surface area contributed by atoms with Crippen LogP contribution in [0.4, 0.5) is 9.93 Å². The van der Waals surface area contributed by atoms with E-state index in [0.717, 1.165) is 39.3 Å². The predicted octanol–water partition coefficient (Wildman–Crippen LogP) is 9.52. The number of β-lactam (4-membered cyclic amide) rings is 1. The van der Waals surface area contributed by atoms with E-state index < -0.39 is 63.8 Å². The van der Waals surface area contributed by atoms with Gasteiger partial charge >= 0.3 is 18.0 Å². The van der Waals surface area contributed by atoms with E-state index in [1.165, 1.54) is 35.9 Å². The lowest BCUT2D eigenvalue weighted by atomic mass is 10.0. The number of quaternary nitrogens is 1. The highest BCUT2D eigenvalue weighted by molar-refractivity contribution is 8.00. The Morgan fingerprint density at radius 2 is 1.38 bits per heavy atom. The summed E-state index contributed by atoms with van der Waals surface area (Å²) in [4.78, 5) is 80.0. The second-order valence-electron chi connectivity index (χ2n) is 22.1. The highest BCUT2D eigenvalue weighted by atomic mass is 32.2. The Morgan fingerprint density at radius 3 is 1.99 bits per heavy atom. The van der Waals surface area contributed by atoms with Crippen LogP contribution in [0.2, 0.25) is 0 Å². The Labute approximate surface area is 474 Å². The maximum absolute atomic E-state index is 14.3. The summed E-state index contributed by atoms with van der Waals surface area (Å²) in [7, 11) is 7.42. The number of esters is 2. The lowest BCUT2D eigenvalue weighted by Crippen LogP contribution is -2.71. The summed E-state index contributed by atoms with van der Waals surface area (Å²) >= 11 is 2.31. The van der Waals surface area contributed by atoms with E-state index in [1.54, 1.807) is 92.2 Å². The molecule has 2 aliphatic rings. The molecule has 1 fully saturated rings. The van der Waals surface area contributed by atoms with E-state index in [4.69, 9.17) is 33.3 Å². The zero-order valence-electron chi connectivity index (χ0n) is 47.0. The number of hydrogen-bond acceptors (Lipinski definition) is 17. The molecule has 0 unspecified atom stereocenters. The molecule has 2 aliphatic heterocycles. The smallest absolute Gasteiger partial charge is 0.413 e. The molecule has 5 aromatic rings. The zero-order valence-corrected chi connectivity index (χ0v) is 48.7. The summed E-state index contributed by atoms with van der Waals surface area (Å²) in [6.07, 6.45) is 2.88. The molecule has 0 spiro atoms. The molecule has 80 heavy (non-hydrogen) atoms. The normalized spacial score (nSPS) is 15.8. The number of aromatic nitrogens is 1. The Bertz CT molecular complexity index is 3160. The Hall–Kier alpha value is -7.88. The molecule has 424 valence electrons. The van der Waals surface area contributed by atoms with Crippen LogP contribution in [-0.2, 0) is 64.5 Å². The Balaban J connectivity index is 1.08. The van der Waals surface area contributed by atoms with E-state index in [2.05, 4.69) is 34.9 Å². The van der Waals surface area contributed by atoms with Crippen molar-refractivity contribution in [2.75, 3.05) is 39.4 Å². The number of rotatable bonds is 21. The molecular weight excluding hydrogens is 1060 g/mol. The molecular formula is C59H69N6O13S2+. The monoisotopic (exact) mass is 1130 g/mol. The number of fused-ring (bicyclic) bond motifs is 1. The van der Waals surface area contributed by atoms with Crippen molar-refractivity contribution in [3.8, 4) is 23.0 Å². The van der Waals surface area contributed by atoms with Gasteiger partial charge in [-0.05, 0) is 120 Å². The number of hydrogen-bond donors (Lipinski definition) is 3. The molecule has 3 N–H and O–H groups in total. The largest absolute Gasteiger partial charge is 0.504 e. The molecule has 4 aromatic carbocycles. The number of ether oxygens (including phenoxy) is 6. The first-order valence-electron chi connectivity index (χ1n) is 25.6. The molecule has 2 atom stereocenters. The fourth-order valence-electron chi connectivity index (χ4n) is 8.17. The molecule has 1 aromatic heterocycles. The van der Waals surface area contributed by atoms with Gasteiger partial charge in [-0.3, -0.25) is 19.8 Å². The van der Waals surface area contributed by atoms with Gasteiger partial charge in [-0.15, -0.1) is 23.1 Å². The molecule has 7 rings (SSSR count). The summed E-state index contributed by atoms with van der Waals surface area (Å²) in [6.45, 7) is 14.6. The van der Waals surface area contributed by atoms with Crippen molar-refractivity contribution in [2.45, 2.75) is 110 Å². The SMILES string of the molecule is COc1ccc(COC(=O)C2=C(/C=C\c3ccc(C[N+](C)(C)Cc4ccc(O)c(OCc5ccc(OC)cc5)c4)cc3)CS[C@@H]3[C@H](NC(=O)/C(=N\OC(C)(C)C(=O)OC(C)(C)C)c4csc(NC(=O)OC(C)(C)C)n4)C(=O)N23)cc1. The zero-order chi connectivity index (χ0) is 58.2. The highest BCUT2D eigenvalue weighted by Gasteiger charge is 2.54. The first kappa shape index (κ1) is 59.8. The van der Waals surface area contributed by atoms with Crippen molar-refractivity contribution in [3.05, 3.63) is 147 Å². The van der Waals surface area contributed by atoms with Gasteiger partial charge in [-0.25, -0.2) is 19.4 Å². The van der Waals surface area contributed by atoms with E-state index in [9.17, 15) is 29.1 Å². The average molecular weight is 1130 g/mol. The Kier molecular flexibility index (Phi) is 18.7. The van der Waals surface area contributed by atoms with Gasteiger partial charge < -0.3 is 48.2 Å². The molecule has 21 heteroatoms. The van der Waals surface area contributed by atoms with Gasteiger partial charge in [-0.1, -0.05) is 65.8 Å². The molecule has 3 heterocycles. The van der Waals surface area contributed by atoms with E-state index >= 15 is 0 Å². The van der Waals surface area contributed by atoms with Gasteiger partial charge in [0, 0.05) is 22.3 Å². The molecule has 0 aliphatic carbocycles. The van der Waals surface area contributed by atoms with Crippen LogP contribution in [0.15, 0.2) is 119 Å². The molecule has 1 saturated heterocycles. The van der Waals surface area contributed by atoms with Crippen molar-refractivity contribution in [1.29, 1.82) is 0 Å². The van der Waals surface area contributed by atoms with Crippen LogP contribution in [0.1, 0.15) is 88.9 Å². The summed E-state index contributed by atoms with van der Waals surface area (Å²) in [5.41, 5.74) is 1.32. The fraction of sp³-hybridized carbons (Fsp3) is 0.373. The molecule has 0 radical (unpaired) electrons. The van der Waals surface area contributed by atoms with Crippen molar-refractivity contribution < 1.29 is 66.8 Å². The number of thiazole rings is 1. The summed E-state index contributed by atoms with van der Waals surface area (Å²) in [5.74, 6) is -0.865. The standard InChI is InChI=1S/C59H68N6O13S2/c1-57(2,3)76-54(70)59(7,8)78-63-47(44-35-80-55(60-44)62-56(71)77-58(4,5)6)50(67)61-48-51(68)64-49(53(69)75-33-39-20-26-43(73-12)27-21-39)41(34-79-52(48)64)23-17-36-13-15-37(16-14-36)30-65(9,10)31-40-22-28-45(66)46(29-40)74-32-38-18-24-42(72-11)25-19-38/h13-29,35,48,52H,30-34H2,1-12H3,(H2-,60,61,62,66,67,71)/p+1/b23-17-,63-47-/t48-,52-/m1/s1. The molecule has 19 nitrogen and oxygen atoms in total. The quantitative estimate of drug-likeness (QED) is 0.0155. The third-order valence-corrected chi connectivity index (χ3v) is 14.1. The minimum atomic E-state index is -1.68. The van der Waals surface area contributed by atoms with Crippen LogP contribution in [0, 0.1) is 0 Å².